The lowest BCUT2D eigenvalue weighted by molar-refractivity contribution is -0.137. The first-order valence-electron chi connectivity index (χ1n) is 10.0. The van der Waals surface area contributed by atoms with Gasteiger partial charge in [-0.25, -0.2) is 9.97 Å². The zero-order valence-electron chi connectivity index (χ0n) is 17.3. The zero-order chi connectivity index (χ0) is 22.0. The van der Waals surface area contributed by atoms with E-state index >= 15 is 0 Å². The molecule has 0 bridgehead atoms. The summed E-state index contributed by atoms with van der Waals surface area (Å²) < 4.78 is 39.2. The molecule has 3 aromatic rings. The Morgan fingerprint density at radius 2 is 1.91 bits per heavy atom. The summed E-state index contributed by atoms with van der Waals surface area (Å²) in [7, 11) is 0. The van der Waals surface area contributed by atoms with Crippen LogP contribution >= 0.6 is 12.4 Å². The Hall–Kier alpha value is -3.00. The molecule has 0 radical (unpaired) electrons. The largest absolute Gasteiger partial charge is 0.416 e. The third-order valence-electron chi connectivity index (χ3n) is 5.46. The van der Waals surface area contributed by atoms with Crippen LogP contribution in [0.5, 0.6) is 0 Å². The van der Waals surface area contributed by atoms with Crippen molar-refractivity contribution in [3.63, 3.8) is 0 Å². The molecule has 1 saturated heterocycles. The lowest BCUT2D eigenvalue weighted by atomic mass is 9.89. The minimum Gasteiger partial charge on any atom is -0.338 e. The van der Waals surface area contributed by atoms with E-state index in [1.807, 2.05) is 19.1 Å². The molecule has 0 N–H and O–H groups in total. The zero-order valence-corrected chi connectivity index (χ0v) is 18.2. The molecule has 1 aliphatic heterocycles. The maximum absolute atomic E-state index is 13.1. The topological polar surface area (TPSA) is 59.0 Å². The molecule has 0 spiro atoms. The van der Waals surface area contributed by atoms with Crippen LogP contribution in [0, 0.1) is 6.92 Å². The highest BCUT2D eigenvalue weighted by molar-refractivity contribution is 5.94. The highest BCUT2D eigenvalue weighted by Gasteiger charge is 2.32. The molecule has 1 atom stereocenters. The van der Waals surface area contributed by atoms with Gasteiger partial charge in [-0.3, -0.25) is 9.78 Å². The minimum atomic E-state index is -4.49. The number of piperidine rings is 1. The van der Waals surface area contributed by atoms with E-state index in [1.54, 1.807) is 23.5 Å². The summed E-state index contributed by atoms with van der Waals surface area (Å²) in [5.41, 5.74) is 1.89. The molecule has 1 fully saturated rings. The third kappa shape index (κ3) is 5.07. The van der Waals surface area contributed by atoms with Crippen molar-refractivity contribution in [3.8, 4) is 11.1 Å². The van der Waals surface area contributed by atoms with Crippen LogP contribution in [-0.4, -0.2) is 38.8 Å². The van der Waals surface area contributed by atoms with Crippen LogP contribution in [0.2, 0.25) is 0 Å². The third-order valence-corrected chi connectivity index (χ3v) is 5.46. The van der Waals surface area contributed by atoms with Gasteiger partial charge in [0, 0.05) is 48.7 Å². The number of hydrogen-bond donors (Lipinski definition) is 0. The van der Waals surface area contributed by atoms with Gasteiger partial charge >= 0.3 is 6.18 Å². The molecule has 1 aliphatic rings. The van der Waals surface area contributed by atoms with Crippen LogP contribution < -0.4 is 0 Å². The first kappa shape index (κ1) is 23.7. The predicted octanol–water partition coefficient (Wildman–Crippen LogP) is 5.31. The second kappa shape index (κ2) is 9.65. The Kier molecular flexibility index (Phi) is 7.13. The normalized spacial score (nSPS) is 16.4. The molecule has 5 nitrogen and oxygen atoms in total. The number of rotatable bonds is 3. The second-order valence-electron chi connectivity index (χ2n) is 7.62. The van der Waals surface area contributed by atoms with Crippen molar-refractivity contribution in [1.29, 1.82) is 0 Å². The van der Waals surface area contributed by atoms with E-state index in [0.29, 0.717) is 18.9 Å². The fourth-order valence-corrected chi connectivity index (χ4v) is 3.95. The number of likely N-dealkylation sites (tertiary alicyclic amines) is 1. The number of carbonyl (C=O) groups is 1. The summed E-state index contributed by atoms with van der Waals surface area (Å²) in [5, 5.41) is 0. The summed E-state index contributed by atoms with van der Waals surface area (Å²) in [6.07, 6.45) is 2.26. The number of aromatic nitrogens is 3. The number of hydrogen-bond acceptors (Lipinski definition) is 4. The van der Waals surface area contributed by atoms with E-state index in [4.69, 9.17) is 0 Å². The van der Waals surface area contributed by atoms with Crippen molar-refractivity contribution in [2.24, 2.45) is 0 Å². The van der Waals surface area contributed by atoms with Crippen molar-refractivity contribution in [2.75, 3.05) is 13.1 Å². The van der Waals surface area contributed by atoms with E-state index in [0.717, 1.165) is 41.8 Å². The summed E-state index contributed by atoms with van der Waals surface area (Å²) in [5.74, 6) is 0.203. The molecule has 1 aromatic carbocycles. The first-order chi connectivity index (χ1) is 14.8. The van der Waals surface area contributed by atoms with Crippen LogP contribution in [0.15, 0.2) is 55.0 Å². The number of halogens is 4. The maximum Gasteiger partial charge on any atom is 0.416 e. The van der Waals surface area contributed by atoms with E-state index in [-0.39, 0.29) is 23.9 Å². The highest BCUT2D eigenvalue weighted by atomic mass is 35.5. The van der Waals surface area contributed by atoms with Crippen LogP contribution in [-0.2, 0) is 6.18 Å². The van der Waals surface area contributed by atoms with Crippen LogP contribution in [0.25, 0.3) is 11.1 Å². The van der Waals surface area contributed by atoms with Gasteiger partial charge in [-0.05, 0) is 55.7 Å². The van der Waals surface area contributed by atoms with Gasteiger partial charge in [-0.1, -0.05) is 6.07 Å². The highest BCUT2D eigenvalue weighted by Crippen LogP contribution is 2.34. The van der Waals surface area contributed by atoms with Crippen molar-refractivity contribution < 1.29 is 18.0 Å². The van der Waals surface area contributed by atoms with Gasteiger partial charge in [-0.15, -0.1) is 12.4 Å². The molecule has 4 rings (SSSR count). The van der Waals surface area contributed by atoms with E-state index < -0.39 is 17.6 Å². The van der Waals surface area contributed by atoms with Crippen molar-refractivity contribution in [3.05, 3.63) is 77.6 Å². The molecule has 1 unspecified atom stereocenters. The van der Waals surface area contributed by atoms with Gasteiger partial charge in [0.1, 0.15) is 5.82 Å². The Balaban J connectivity index is 0.00000289. The van der Waals surface area contributed by atoms with Gasteiger partial charge in [-0.2, -0.15) is 13.2 Å². The quantitative estimate of drug-likeness (QED) is 0.529. The average molecular weight is 463 g/mol. The van der Waals surface area contributed by atoms with Crippen LogP contribution in [0.1, 0.15) is 46.2 Å². The summed E-state index contributed by atoms with van der Waals surface area (Å²) in [4.78, 5) is 27.7. The lowest BCUT2D eigenvalue weighted by Gasteiger charge is -2.33. The smallest absolute Gasteiger partial charge is 0.338 e. The van der Waals surface area contributed by atoms with Crippen LogP contribution in [0.4, 0.5) is 13.2 Å². The van der Waals surface area contributed by atoms with E-state index in [9.17, 15) is 18.0 Å². The number of benzene rings is 1. The fourth-order valence-electron chi connectivity index (χ4n) is 3.95. The second-order valence-corrected chi connectivity index (χ2v) is 7.62. The Morgan fingerprint density at radius 3 is 2.62 bits per heavy atom. The number of carbonyl (C=O) groups excluding carboxylic acids is 1. The molecule has 32 heavy (non-hydrogen) atoms. The molecular formula is C23H22ClF3N4O. The van der Waals surface area contributed by atoms with Crippen molar-refractivity contribution in [2.45, 2.75) is 31.9 Å². The Morgan fingerprint density at radius 1 is 1.16 bits per heavy atom. The molecule has 3 heterocycles. The van der Waals surface area contributed by atoms with E-state index in [2.05, 4.69) is 15.0 Å². The minimum absolute atomic E-state index is 0. The number of aryl methyl sites for hydroxylation is 1. The fraction of sp³-hybridized carbons (Fsp3) is 0.304. The standard InChI is InChI=1S/C23H21F3N4O.ClH/c1-15-28-13-20(16-7-9-27-10-8-16)21(29-15)18-5-3-11-30(14-18)22(31)17-4-2-6-19(12-17)23(24,25)26;/h2,4,6-10,12-13,18H,3,5,11,14H2,1H3;1H. The monoisotopic (exact) mass is 462 g/mol. The molecular weight excluding hydrogens is 441 g/mol. The SMILES string of the molecule is Cc1ncc(-c2ccncc2)c(C2CCCN(C(=O)c3cccc(C(F)(F)F)c3)C2)n1.Cl. The Bertz CT molecular complexity index is 1090. The lowest BCUT2D eigenvalue weighted by Crippen LogP contribution is -2.39. The first-order valence-corrected chi connectivity index (χ1v) is 10.0. The van der Waals surface area contributed by atoms with Gasteiger partial charge < -0.3 is 4.90 Å². The molecule has 0 saturated carbocycles. The molecule has 0 aliphatic carbocycles. The van der Waals surface area contributed by atoms with Gasteiger partial charge in [0.15, 0.2) is 0 Å². The number of alkyl halides is 3. The Labute approximate surface area is 190 Å². The summed E-state index contributed by atoms with van der Waals surface area (Å²) >= 11 is 0. The summed E-state index contributed by atoms with van der Waals surface area (Å²) in [6, 6.07) is 8.35. The molecule has 9 heteroatoms. The van der Waals surface area contributed by atoms with Gasteiger partial charge in [0.25, 0.3) is 5.91 Å². The van der Waals surface area contributed by atoms with Crippen LogP contribution in [0.3, 0.4) is 0 Å². The number of nitrogens with zero attached hydrogens (tertiary/aromatic N) is 4. The average Bonchev–Trinajstić information content (AvgIpc) is 2.79. The van der Waals surface area contributed by atoms with Crippen molar-refractivity contribution in [1.82, 2.24) is 19.9 Å². The molecule has 2 aromatic heterocycles. The predicted molar refractivity (Wildman–Crippen MR) is 117 cm³/mol. The number of pyridine rings is 1. The van der Waals surface area contributed by atoms with E-state index in [1.165, 1.54) is 12.1 Å². The van der Waals surface area contributed by atoms with Gasteiger partial charge in [0.2, 0.25) is 0 Å². The molecule has 168 valence electrons. The van der Waals surface area contributed by atoms with Gasteiger partial charge in [0.05, 0.1) is 11.3 Å². The maximum atomic E-state index is 13.1. The summed E-state index contributed by atoms with van der Waals surface area (Å²) in [6.45, 7) is 2.71. The van der Waals surface area contributed by atoms with Crippen molar-refractivity contribution >= 4 is 18.3 Å². The number of amides is 1. The molecule has 1 amide bonds.